The topological polar surface area (TPSA) is 41.3 Å². The van der Waals surface area contributed by atoms with Crippen LogP contribution in [-0.4, -0.2) is 31.1 Å². The molecule has 3 nitrogen and oxygen atoms in total. The Morgan fingerprint density at radius 2 is 1.94 bits per heavy atom. The maximum atomic E-state index is 5.94. The predicted molar refractivity (Wildman–Crippen MR) is 77.7 cm³/mol. The van der Waals surface area contributed by atoms with E-state index in [9.17, 15) is 0 Å². The molecule has 3 N–H and O–H groups in total. The van der Waals surface area contributed by atoms with Gasteiger partial charge in [-0.25, -0.2) is 0 Å². The van der Waals surface area contributed by atoms with Crippen molar-refractivity contribution in [2.75, 3.05) is 19.4 Å². The van der Waals surface area contributed by atoms with Gasteiger partial charge in [0, 0.05) is 24.3 Å². The molecule has 1 aliphatic rings. The Morgan fingerprint density at radius 1 is 1.22 bits per heavy atom. The summed E-state index contributed by atoms with van der Waals surface area (Å²) < 4.78 is 0. The van der Waals surface area contributed by atoms with Gasteiger partial charge < -0.3 is 16.0 Å². The van der Waals surface area contributed by atoms with Crippen molar-refractivity contribution in [1.29, 1.82) is 0 Å². The molecule has 0 aromatic heterocycles. The maximum absolute atomic E-state index is 5.94. The van der Waals surface area contributed by atoms with Crippen molar-refractivity contribution >= 4 is 5.69 Å². The highest BCUT2D eigenvalue weighted by molar-refractivity contribution is 5.46. The third kappa shape index (κ3) is 4.00. The first-order valence-corrected chi connectivity index (χ1v) is 6.89. The molecule has 0 spiro atoms. The lowest BCUT2D eigenvalue weighted by Gasteiger charge is -2.27. The van der Waals surface area contributed by atoms with Crippen LogP contribution < -0.4 is 11.1 Å². The molecule has 0 unspecified atom stereocenters. The smallest absolute Gasteiger partial charge is 0.0345 e. The number of benzene rings is 1. The molecule has 0 radical (unpaired) electrons. The van der Waals surface area contributed by atoms with Crippen molar-refractivity contribution in [2.24, 2.45) is 5.73 Å². The molecule has 1 aromatic rings. The molecule has 1 aliphatic carbocycles. The van der Waals surface area contributed by atoms with E-state index in [2.05, 4.69) is 48.6 Å². The maximum Gasteiger partial charge on any atom is 0.0345 e. The van der Waals surface area contributed by atoms with Crippen molar-refractivity contribution < 1.29 is 0 Å². The largest absolute Gasteiger partial charge is 0.382 e. The van der Waals surface area contributed by atoms with Crippen LogP contribution in [0.15, 0.2) is 24.3 Å². The number of hydrogen-bond donors (Lipinski definition) is 2. The lowest BCUT2D eigenvalue weighted by molar-refractivity contribution is 0.402. The van der Waals surface area contributed by atoms with Crippen LogP contribution in [-0.2, 0) is 6.54 Å². The molecule has 100 valence electrons. The molecule has 0 heterocycles. The molecule has 0 amide bonds. The first kappa shape index (κ1) is 13.4. The van der Waals surface area contributed by atoms with Crippen LogP contribution in [0.5, 0.6) is 0 Å². The van der Waals surface area contributed by atoms with Gasteiger partial charge in [-0.1, -0.05) is 12.1 Å². The van der Waals surface area contributed by atoms with Gasteiger partial charge in [-0.05, 0) is 57.5 Å². The molecule has 1 fully saturated rings. The monoisotopic (exact) mass is 247 g/mol. The average molecular weight is 247 g/mol. The number of hydrogen-bond acceptors (Lipinski definition) is 3. The molecule has 18 heavy (non-hydrogen) atoms. The highest BCUT2D eigenvalue weighted by Gasteiger charge is 2.18. The second kappa shape index (κ2) is 6.21. The van der Waals surface area contributed by atoms with E-state index in [-0.39, 0.29) is 0 Å². The Morgan fingerprint density at radius 3 is 2.61 bits per heavy atom. The second-order valence-electron chi connectivity index (χ2n) is 5.69. The van der Waals surface area contributed by atoms with E-state index in [1.807, 2.05) is 0 Å². The zero-order valence-corrected chi connectivity index (χ0v) is 11.5. The third-order valence-electron chi connectivity index (χ3n) is 3.57. The summed E-state index contributed by atoms with van der Waals surface area (Å²) in [7, 11) is 4.20. The Labute approximate surface area is 110 Å². The molecule has 1 saturated carbocycles. The van der Waals surface area contributed by atoms with Gasteiger partial charge in [0.15, 0.2) is 0 Å². The van der Waals surface area contributed by atoms with Crippen molar-refractivity contribution in [2.45, 2.75) is 44.3 Å². The highest BCUT2D eigenvalue weighted by atomic mass is 15.0. The van der Waals surface area contributed by atoms with Crippen molar-refractivity contribution in [3.8, 4) is 0 Å². The fourth-order valence-corrected chi connectivity index (χ4v) is 2.62. The molecule has 1 aromatic carbocycles. The van der Waals surface area contributed by atoms with E-state index in [1.165, 1.54) is 24.1 Å². The minimum absolute atomic E-state index is 0.420. The summed E-state index contributed by atoms with van der Waals surface area (Å²) in [5.74, 6) is 0. The van der Waals surface area contributed by atoms with Gasteiger partial charge in [0.25, 0.3) is 0 Å². The number of anilines is 1. The zero-order chi connectivity index (χ0) is 13.0. The van der Waals surface area contributed by atoms with E-state index >= 15 is 0 Å². The molecule has 0 aliphatic heterocycles. The second-order valence-corrected chi connectivity index (χ2v) is 5.69. The van der Waals surface area contributed by atoms with Crippen LogP contribution >= 0.6 is 0 Å². The van der Waals surface area contributed by atoms with Crippen molar-refractivity contribution in [3.63, 3.8) is 0 Å². The molecule has 2 rings (SSSR count). The van der Waals surface area contributed by atoms with Crippen LogP contribution in [0.25, 0.3) is 0 Å². The first-order valence-electron chi connectivity index (χ1n) is 6.89. The van der Waals surface area contributed by atoms with Gasteiger partial charge in [-0.15, -0.1) is 0 Å². The zero-order valence-electron chi connectivity index (χ0n) is 11.5. The predicted octanol–water partition coefficient (Wildman–Crippen LogP) is 2.43. The molecular weight excluding hydrogens is 222 g/mol. The van der Waals surface area contributed by atoms with Gasteiger partial charge in [-0.2, -0.15) is 0 Å². The van der Waals surface area contributed by atoms with E-state index in [4.69, 9.17) is 5.73 Å². The molecule has 3 heteroatoms. The minimum atomic E-state index is 0.420. The summed E-state index contributed by atoms with van der Waals surface area (Å²) in [5, 5.41) is 3.64. The highest BCUT2D eigenvalue weighted by Crippen LogP contribution is 2.21. The standard InChI is InChI=1S/C15H25N3/c1-18(2)11-12-4-3-5-15(10-12)17-14-8-6-13(16)7-9-14/h3-5,10,13-14,17H,6-9,11,16H2,1-2H3. The summed E-state index contributed by atoms with van der Waals surface area (Å²) in [6.07, 6.45) is 4.68. The van der Waals surface area contributed by atoms with E-state index < -0.39 is 0 Å². The quantitative estimate of drug-likeness (QED) is 0.858. The van der Waals surface area contributed by atoms with Gasteiger partial charge in [0.1, 0.15) is 0 Å². The number of rotatable bonds is 4. The number of nitrogens with zero attached hydrogens (tertiary/aromatic N) is 1. The molecule has 0 saturated heterocycles. The van der Waals surface area contributed by atoms with Crippen LogP contribution in [0.4, 0.5) is 5.69 Å². The fourth-order valence-electron chi connectivity index (χ4n) is 2.62. The molecule has 0 atom stereocenters. The average Bonchev–Trinajstić information content (AvgIpc) is 2.32. The van der Waals surface area contributed by atoms with Crippen LogP contribution in [0.1, 0.15) is 31.2 Å². The Bertz CT molecular complexity index is 368. The number of nitrogens with one attached hydrogen (secondary N) is 1. The lowest BCUT2D eigenvalue weighted by atomic mass is 9.91. The Kier molecular flexibility index (Phi) is 4.61. The van der Waals surface area contributed by atoms with Gasteiger partial charge in [-0.3, -0.25) is 0 Å². The third-order valence-corrected chi connectivity index (χ3v) is 3.57. The normalized spacial score (nSPS) is 24.2. The van der Waals surface area contributed by atoms with Crippen molar-refractivity contribution in [1.82, 2.24) is 4.90 Å². The van der Waals surface area contributed by atoms with E-state index in [0.29, 0.717) is 12.1 Å². The van der Waals surface area contributed by atoms with Crippen molar-refractivity contribution in [3.05, 3.63) is 29.8 Å². The lowest BCUT2D eigenvalue weighted by Crippen LogP contribution is -2.32. The SMILES string of the molecule is CN(C)Cc1cccc(NC2CCC(N)CC2)c1. The van der Waals surface area contributed by atoms with Crippen LogP contribution in [0.2, 0.25) is 0 Å². The summed E-state index contributed by atoms with van der Waals surface area (Å²) in [6.45, 7) is 0.991. The van der Waals surface area contributed by atoms with Crippen LogP contribution in [0.3, 0.4) is 0 Å². The minimum Gasteiger partial charge on any atom is -0.382 e. The molecule has 0 bridgehead atoms. The molecular formula is C15H25N3. The Balaban J connectivity index is 1.92. The van der Waals surface area contributed by atoms with Gasteiger partial charge in [0.05, 0.1) is 0 Å². The van der Waals surface area contributed by atoms with E-state index in [0.717, 1.165) is 19.4 Å². The fraction of sp³-hybridized carbons (Fsp3) is 0.600. The van der Waals surface area contributed by atoms with Gasteiger partial charge in [0.2, 0.25) is 0 Å². The van der Waals surface area contributed by atoms with E-state index in [1.54, 1.807) is 0 Å². The summed E-state index contributed by atoms with van der Waals surface area (Å²) in [6, 6.07) is 9.75. The van der Waals surface area contributed by atoms with Crippen LogP contribution in [0, 0.1) is 0 Å². The first-order chi connectivity index (χ1) is 8.63. The van der Waals surface area contributed by atoms with Gasteiger partial charge >= 0.3 is 0 Å². The Hall–Kier alpha value is -1.06. The number of nitrogens with two attached hydrogens (primary N) is 1. The summed E-state index contributed by atoms with van der Waals surface area (Å²) in [4.78, 5) is 2.19. The summed E-state index contributed by atoms with van der Waals surface area (Å²) >= 11 is 0. The summed E-state index contributed by atoms with van der Waals surface area (Å²) in [5.41, 5.74) is 8.54.